The van der Waals surface area contributed by atoms with Gasteiger partial charge in [0.2, 0.25) is 4.84 Å². The number of aryl methyl sites for hydroxylation is 1. The van der Waals surface area contributed by atoms with Gasteiger partial charge in [-0.25, -0.2) is 4.79 Å². The number of sulfonamides is 1. The number of rotatable bonds is 4. The summed E-state index contributed by atoms with van der Waals surface area (Å²) >= 11 is 11.9. The Hall–Kier alpha value is -1.31. The van der Waals surface area contributed by atoms with Gasteiger partial charge in [0.1, 0.15) is 4.90 Å². The van der Waals surface area contributed by atoms with Crippen LogP contribution in [-0.4, -0.2) is 47.7 Å². The van der Waals surface area contributed by atoms with Gasteiger partial charge in [0.15, 0.2) is 5.54 Å². The lowest BCUT2D eigenvalue weighted by Crippen LogP contribution is -2.52. The van der Waals surface area contributed by atoms with Crippen LogP contribution in [0.4, 0.5) is 0 Å². The monoisotopic (exact) mass is 393 g/mol. The van der Waals surface area contributed by atoms with Crippen molar-refractivity contribution in [1.29, 1.82) is 0 Å². The molecule has 1 N–H and O–H groups in total. The fraction of sp³-hybridized carbons (Fsp3) is 0.467. The van der Waals surface area contributed by atoms with Crippen LogP contribution in [-0.2, 0) is 19.6 Å². The van der Waals surface area contributed by atoms with E-state index in [-0.39, 0.29) is 10.7 Å². The SMILES string of the molecule is COC(=O)[C@@H]1[N+](S(=O)(=O)c2ccc(C)cc2)=C(C(Cl)Cl)NC1(C)C. The molecule has 0 aliphatic carbocycles. The lowest BCUT2D eigenvalue weighted by molar-refractivity contribution is -0.403. The third-order valence-electron chi connectivity index (χ3n) is 3.81. The number of esters is 1. The quantitative estimate of drug-likeness (QED) is 0.479. The van der Waals surface area contributed by atoms with Crippen LogP contribution in [0.15, 0.2) is 29.2 Å². The van der Waals surface area contributed by atoms with E-state index in [0.717, 1.165) is 9.54 Å². The van der Waals surface area contributed by atoms with Gasteiger partial charge in [0.05, 0.1) is 7.11 Å². The number of nitrogens with one attached hydrogen (secondary N) is 1. The number of alkyl halides is 2. The molecule has 1 aromatic rings. The Balaban J connectivity index is 2.70. The second-order valence-corrected chi connectivity index (χ2v) is 8.98. The first kappa shape index (κ1) is 19.0. The first-order valence-electron chi connectivity index (χ1n) is 7.14. The van der Waals surface area contributed by atoms with E-state index in [0.29, 0.717) is 0 Å². The molecule has 0 amide bonds. The fourth-order valence-electron chi connectivity index (χ4n) is 2.63. The highest BCUT2D eigenvalue weighted by Gasteiger charge is 2.58. The average molecular weight is 394 g/mol. The molecule has 2 rings (SSSR count). The topological polar surface area (TPSA) is 75.5 Å². The second-order valence-electron chi connectivity index (χ2n) is 6.07. The van der Waals surface area contributed by atoms with Gasteiger partial charge in [-0.15, -0.1) is 3.98 Å². The van der Waals surface area contributed by atoms with E-state index < -0.39 is 32.4 Å². The fourth-order valence-corrected chi connectivity index (χ4v) is 4.81. The summed E-state index contributed by atoms with van der Waals surface area (Å²) in [4.78, 5) is 11.2. The first-order valence-corrected chi connectivity index (χ1v) is 9.46. The molecule has 0 bridgehead atoms. The molecule has 1 atom stereocenters. The summed E-state index contributed by atoms with van der Waals surface area (Å²) in [5.74, 6) is -0.675. The van der Waals surface area contributed by atoms with E-state index in [1.165, 1.54) is 19.2 Å². The Bertz CT molecular complexity index is 786. The van der Waals surface area contributed by atoms with Crippen molar-refractivity contribution in [3.63, 3.8) is 0 Å². The first-order chi connectivity index (χ1) is 11.0. The Kier molecular flexibility index (Phi) is 5.18. The normalized spacial score (nSPS) is 20.2. The number of hydrogen-bond acceptors (Lipinski definition) is 5. The minimum absolute atomic E-state index is 0.0271. The van der Waals surface area contributed by atoms with Crippen LogP contribution in [0.2, 0.25) is 0 Å². The number of benzene rings is 1. The third kappa shape index (κ3) is 3.25. The third-order valence-corrected chi connectivity index (χ3v) is 6.02. The molecule has 24 heavy (non-hydrogen) atoms. The largest absolute Gasteiger partial charge is 0.466 e. The molecule has 0 saturated heterocycles. The Labute approximate surface area is 151 Å². The minimum Gasteiger partial charge on any atom is -0.466 e. The van der Waals surface area contributed by atoms with Gasteiger partial charge < -0.3 is 4.74 Å². The van der Waals surface area contributed by atoms with Gasteiger partial charge in [-0.3, -0.25) is 5.32 Å². The van der Waals surface area contributed by atoms with Gasteiger partial charge in [0.25, 0.3) is 11.9 Å². The van der Waals surface area contributed by atoms with Gasteiger partial charge in [-0.2, -0.15) is 8.42 Å². The highest BCUT2D eigenvalue weighted by atomic mass is 35.5. The minimum atomic E-state index is -4.06. The molecule has 0 fully saturated rings. The Morgan fingerprint density at radius 2 is 1.83 bits per heavy atom. The number of halogens is 2. The van der Waals surface area contributed by atoms with Crippen molar-refractivity contribution in [2.75, 3.05) is 7.11 Å². The summed E-state index contributed by atoms with van der Waals surface area (Å²) in [6.45, 7) is 5.20. The van der Waals surface area contributed by atoms with Crippen LogP contribution in [0.1, 0.15) is 19.4 Å². The number of hydrogen-bond donors (Lipinski definition) is 1. The molecule has 9 heteroatoms. The van der Waals surface area contributed by atoms with Crippen LogP contribution in [0, 0.1) is 6.92 Å². The van der Waals surface area contributed by atoms with Gasteiger partial charge >= 0.3 is 16.0 Å². The van der Waals surface area contributed by atoms with E-state index in [9.17, 15) is 13.2 Å². The van der Waals surface area contributed by atoms with Crippen molar-refractivity contribution in [2.24, 2.45) is 0 Å². The number of nitrogens with zero attached hydrogens (tertiary/aromatic N) is 1. The molecule has 0 saturated carbocycles. The maximum atomic E-state index is 13.1. The number of carbonyl (C=O) groups is 1. The van der Waals surface area contributed by atoms with Crippen LogP contribution >= 0.6 is 23.2 Å². The lowest BCUT2D eigenvalue weighted by atomic mass is 9.97. The van der Waals surface area contributed by atoms with Gasteiger partial charge in [0, 0.05) is 0 Å². The average Bonchev–Trinajstić information content (AvgIpc) is 2.79. The zero-order valence-corrected chi connectivity index (χ0v) is 16.0. The zero-order valence-electron chi connectivity index (χ0n) is 13.7. The molecule has 1 heterocycles. The summed E-state index contributed by atoms with van der Waals surface area (Å²) in [5, 5.41) is 2.93. The standard InChI is InChI=1S/C15H18Cl2N2O4S/c1-9-5-7-10(8-6-9)24(21,22)19-11(14(20)23-4)15(2,3)18-13(19)12(16)17/h5-8,11-12H,1-4H3/p+1/t11-/m0/s1. The van der Waals surface area contributed by atoms with E-state index in [2.05, 4.69) is 5.32 Å². The van der Waals surface area contributed by atoms with Crippen molar-refractivity contribution in [2.45, 2.75) is 42.1 Å². The molecular weight excluding hydrogens is 375 g/mol. The molecule has 1 aromatic carbocycles. The highest BCUT2D eigenvalue weighted by Crippen LogP contribution is 2.28. The molecule has 1 aliphatic heterocycles. The maximum absolute atomic E-state index is 13.1. The van der Waals surface area contributed by atoms with Crippen molar-refractivity contribution < 1.29 is 21.9 Å². The number of amidine groups is 1. The Morgan fingerprint density at radius 1 is 1.29 bits per heavy atom. The molecule has 0 spiro atoms. The second kappa shape index (κ2) is 6.54. The van der Waals surface area contributed by atoms with E-state index in [4.69, 9.17) is 27.9 Å². The smallest absolute Gasteiger partial charge is 0.357 e. The van der Waals surface area contributed by atoms with Crippen LogP contribution < -0.4 is 5.32 Å². The maximum Gasteiger partial charge on any atom is 0.357 e. The van der Waals surface area contributed by atoms with Crippen molar-refractivity contribution in [3.8, 4) is 0 Å². The molecule has 1 aliphatic rings. The zero-order chi connectivity index (χ0) is 18.3. The van der Waals surface area contributed by atoms with Gasteiger partial charge in [-0.1, -0.05) is 40.9 Å². The van der Waals surface area contributed by atoms with Crippen LogP contribution in [0.5, 0.6) is 0 Å². The summed E-state index contributed by atoms with van der Waals surface area (Å²) < 4.78 is 32.0. The molecule has 0 radical (unpaired) electrons. The van der Waals surface area contributed by atoms with Crippen LogP contribution in [0.3, 0.4) is 0 Å². The molecule has 6 nitrogen and oxygen atoms in total. The lowest BCUT2D eigenvalue weighted by Gasteiger charge is -2.21. The van der Waals surface area contributed by atoms with Gasteiger partial charge in [-0.05, 0) is 32.9 Å². The van der Waals surface area contributed by atoms with E-state index in [1.54, 1.807) is 26.0 Å². The number of methoxy groups -OCH3 is 1. The molecule has 0 aromatic heterocycles. The number of carbonyl (C=O) groups excluding carboxylic acids is 1. The molecule has 0 unspecified atom stereocenters. The highest BCUT2D eigenvalue weighted by molar-refractivity contribution is 7.85. The summed E-state index contributed by atoms with van der Waals surface area (Å²) in [5.41, 5.74) is -0.0301. The van der Waals surface area contributed by atoms with Crippen molar-refractivity contribution in [1.82, 2.24) is 5.32 Å². The summed E-state index contributed by atoms with van der Waals surface area (Å²) in [6, 6.07) is 5.16. The van der Waals surface area contributed by atoms with E-state index in [1.807, 2.05) is 6.92 Å². The van der Waals surface area contributed by atoms with Crippen molar-refractivity contribution >= 4 is 45.0 Å². The summed E-state index contributed by atoms with van der Waals surface area (Å²) in [6.07, 6.45) is 0. The molecular formula is C15H19Cl2N2O4S+. The van der Waals surface area contributed by atoms with Crippen molar-refractivity contribution in [3.05, 3.63) is 29.8 Å². The predicted octanol–water partition coefficient (Wildman–Crippen LogP) is 1.82. The number of ether oxygens (including phenoxy) is 1. The Morgan fingerprint density at radius 3 is 2.29 bits per heavy atom. The molecule has 132 valence electrons. The summed E-state index contributed by atoms with van der Waals surface area (Å²) in [7, 11) is -2.86. The van der Waals surface area contributed by atoms with E-state index >= 15 is 0 Å². The predicted molar refractivity (Wildman–Crippen MR) is 92.1 cm³/mol. The van der Waals surface area contributed by atoms with Crippen LogP contribution in [0.25, 0.3) is 0 Å².